The highest BCUT2D eigenvalue weighted by molar-refractivity contribution is 7.14. The molecule has 1 aliphatic carbocycles. The number of hydrogen-bond acceptors (Lipinski definition) is 5. The lowest BCUT2D eigenvalue weighted by Crippen LogP contribution is -2.41. The number of halogens is 1. The van der Waals surface area contributed by atoms with Crippen LogP contribution in [0.25, 0.3) is 11.3 Å². The van der Waals surface area contributed by atoms with Gasteiger partial charge in [0.1, 0.15) is 0 Å². The van der Waals surface area contributed by atoms with Gasteiger partial charge in [0.2, 0.25) is 0 Å². The van der Waals surface area contributed by atoms with Crippen LogP contribution in [0.2, 0.25) is 5.02 Å². The molecule has 2 aromatic heterocycles. The fourth-order valence-corrected chi connectivity index (χ4v) is 4.23. The quantitative estimate of drug-likeness (QED) is 0.672. The first-order valence-electron chi connectivity index (χ1n) is 8.05. The second kappa shape index (κ2) is 6.93. The molecule has 0 saturated carbocycles. The highest BCUT2D eigenvalue weighted by Gasteiger charge is 2.20. The lowest BCUT2D eigenvalue weighted by molar-refractivity contribution is 0.0843. The van der Waals surface area contributed by atoms with E-state index in [0.29, 0.717) is 21.2 Å². The molecule has 0 radical (unpaired) electrons. The zero-order valence-electron chi connectivity index (χ0n) is 13.5. The minimum absolute atomic E-state index is 0.0499. The number of aromatic nitrogens is 1. The monoisotopic (exact) mass is 387 g/mol. The van der Waals surface area contributed by atoms with Gasteiger partial charge in [0.25, 0.3) is 11.8 Å². The molecule has 0 saturated heterocycles. The van der Waals surface area contributed by atoms with E-state index >= 15 is 0 Å². The molecular formula is C18H14ClN3O3S. The van der Waals surface area contributed by atoms with Crippen LogP contribution in [0.5, 0.6) is 0 Å². The van der Waals surface area contributed by atoms with Crippen LogP contribution >= 0.6 is 22.9 Å². The number of thiophene rings is 1. The molecule has 2 amide bonds. The number of nitrogens with zero attached hydrogens (tertiary/aromatic N) is 1. The number of hydrogen-bond donors (Lipinski definition) is 2. The third-order valence-electron chi connectivity index (χ3n) is 4.14. The third-order valence-corrected chi connectivity index (χ3v) is 5.71. The van der Waals surface area contributed by atoms with E-state index in [2.05, 4.69) is 16.0 Å². The standard InChI is InChI=1S/C18H14ClN3O3S/c19-12-6-2-1-5-11(12)14-9-13(22-25-14)17(23)20-21-18(24)16-8-10-4-3-7-15(10)26-16/h1-2,5-6,8-9H,3-4,7H2,(H,20,23)(H,21,24). The first-order chi connectivity index (χ1) is 12.6. The predicted octanol–water partition coefficient (Wildman–Crippen LogP) is 3.62. The largest absolute Gasteiger partial charge is 0.355 e. The summed E-state index contributed by atoms with van der Waals surface area (Å²) in [6.45, 7) is 0. The van der Waals surface area contributed by atoms with Gasteiger partial charge in [0.15, 0.2) is 11.5 Å². The van der Waals surface area contributed by atoms with Gasteiger partial charge < -0.3 is 4.52 Å². The fourth-order valence-electron chi connectivity index (χ4n) is 2.85. The molecule has 0 aliphatic heterocycles. The molecule has 26 heavy (non-hydrogen) atoms. The molecule has 1 aromatic carbocycles. The second-order valence-corrected chi connectivity index (χ2v) is 7.42. The van der Waals surface area contributed by atoms with E-state index in [9.17, 15) is 9.59 Å². The summed E-state index contributed by atoms with van der Waals surface area (Å²) in [5, 5.41) is 4.23. The van der Waals surface area contributed by atoms with Crippen LogP contribution in [0, 0.1) is 0 Å². The summed E-state index contributed by atoms with van der Waals surface area (Å²) >= 11 is 7.57. The van der Waals surface area contributed by atoms with Gasteiger partial charge in [-0.25, -0.2) is 0 Å². The van der Waals surface area contributed by atoms with Gasteiger partial charge in [-0.05, 0) is 43.0 Å². The van der Waals surface area contributed by atoms with Crippen molar-refractivity contribution in [2.24, 2.45) is 0 Å². The maximum absolute atomic E-state index is 12.2. The van der Waals surface area contributed by atoms with Crippen molar-refractivity contribution in [2.45, 2.75) is 19.3 Å². The first kappa shape index (κ1) is 16.8. The highest BCUT2D eigenvalue weighted by atomic mass is 35.5. The van der Waals surface area contributed by atoms with Gasteiger partial charge in [0.05, 0.1) is 9.90 Å². The summed E-state index contributed by atoms with van der Waals surface area (Å²) in [7, 11) is 0. The molecule has 3 aromatic rings. The van der Waals surface area contributed by atoms with Crippen LogP contribution in [-0.4, -0.2) is 17.0 Å². The molecule has 0 bridgehead atoms. The van der Waals surface area contributed by atoms with E-state index in [1.807, 2.05) is 12.1 Å². The van der Waals surface area contributed by atoms with Crippen molar-refractivity contribution >= 4 is 34.8 Å². The number of fused-ring (bicyclic) bond motifs is 1. The minimum atomic E-state index is -0.565. The summed E-state index contributed by atoms with van der Waals surface area (Å²) in [5.74, 6) is -0.529. The Labute approximate surface area is 158 Å². The van der Waals surface area contributed by atoms with E-state index in [1.54, 1.807) is 18.2 Å². The Bertz CT molecular complexity index is 974. The van der Waals surface area contributed by atoms with Crippen LogP contribution < -0.4 is 10.9 Å². The normalized spacial score (nSPS) is 12.7. The molecule has 0 fully saturated rings. The van der Waals surface area contributed by atoms with E-state index < -0.39 is 5.91 Å². The summed E-state index contributed by atoms with van der Waals surface area (Å²) in [6, 6.07) is 10.5. The zero-order valence-corrected chi connectivity index (χ0v) is 15.1. The zero-order chi connectivity index (χ0) is 18.1. The number of hydrazine groups is 1. The molecule has 6 nitrogen and oxygen atoms in total. The third kappa shape index (κ3) is 3.23. The summed E-state index contributed by atoms with van der Waals surface area (Å²) < 4.78 is 5.18. The number of carbonyl (C=O) groups excluding carboxylic acids is 2. The smallest absolute Gasteiger partial charge is 0.291 e. The molecule has 132 valence electrons. The van der Waals surface area contributed by atoms with Crippen molar-refractivity contribution < 1.29 is 14.1 Å². The molecule has 1 aliphatic rings. The number of carbonyl (C=O) groups is 2. The Hall–Kier alpha value is -2.64. The molecular weight excluding hydrogens is 374 g/mol. The molecule has 8 heteroatoms. The second-order valence-electron chi connectivity index (χ2n) is 5.88. The van der Waals surface area contributed by atoms with Gasteiger partial charge in [0, 0.05) is 16.5 Å². The van der Waals surface area contributed by atoms with E-state index in [0.717, 1.165) is 19.3 Å². The van der Waals surface area contributed by atoms with Crippen molar-refractivity contribution in [3.8, 4) is 11.3 Å². The molecule has 4 rings (SSSR count). The van der Waals surface area contributed by atoms with Crippen LogP contribution in [-0.2, 0) is 12.8 Å². The van der Waals surface area contributed by atoms with Gasteiger partial charge in [-0.2, -0.15) is 0 Å². The summed E-state index contributed by atoms with van der Waals surface area (Å²) in [5.41, 5.74) is 6.68. The van der Waals surface area contributed by atoms with Gasteiger partial charge in [-0.3, -0.25) is 20.4 Å². The fraction of sp³-hybridized carbons (Fsp3) is 0.167. The Kier molecular flexibility index (Phi) is 4.48. The van der Waals surface area contributed by atoms with Crippen molar-refractivity contribution in [1.29, 1.82) is 0 Å². The van der Waals surface area contributed by atoms with E-state index in [4.69, 9.17) is 16.1 Å². The van der Waals surface area contributed by atoms with Crippen LogP contribution in [0.3, 0.4) is 0 Å². The summed E-state index contributed by atoms with van der Waals surface area (Å²) in [6.07, 6.45) is 3.17. The van der Waals surface area contributed by atoms with Crippen molar-refractivity contribution in [3.05, 3.63) is 62.4 Å². The van der Waals surface area contributed by atoms with Crippen molar-refractivity contribution in [2.75, 3.05) is 0 Å². The Morgan fingerprint density at radius 3 is 2.73 bits per heavy atom. The van der Waals surface area contributed by atoms with Crippen molar-refractivity contribution in [1.82, 2.24) is 16.0 Å². The minimum Gasteiger partial charge on any atom is -0.355 e. The Balaban J connectivity index is 1.40. The molecule has 0 atom stereocenters. The summed E-state index contributed by atoms with van der Waals surface area (Å²) in [4.78, 5) is 26.2. The number of benzene rings is 1. The molecule has 0 spiro atoms. The van der Waals surface area contributed by atoms with E-state index in [1.165, 1.54) is 27.8 Å². The number of amides is 2. The van der Waals surface area contributed by atoms with Crippen LogP contribution in [0.1, 0.15) is 37.0 Å². The number of aryl methyl sites for hydroxylation is 2. The maximum atomic E-state index is 12.2. The molecule has 2 N–H and O–H groups in total. The van der Waals surface area contributed by atoms with Gasteiger partial charge >= 0.3 is 0 Å². The molecule has 2 heterocycles. The molecule has 0 unspecified atom stereocenters. The average Bonchev–Trinajstić information content (AvgIpc) is 3.35. The van der Waals surface area contributed by atoms with Gasteiger partial charge in [-0.15, -0.1) is 11.3 Å². The Morgan fingerprint density at radius 2 is 1.92 bits per heavy atom. The highest BCUT2D eigenvalue weighted by Crippen LogP contribution is 2.30. The van der Waals surface area contributed by atoms with Crippen LogP contribution in [0.4, 0.5) is 0 Å². The SMILES string of the molecule is O=C(NNC(=O)c1cc2c(s1)CCC2)c1cc(-c2ccccc2Cl)on1. The van der Waals surface area contributed by atoms with E-state index in [-0.39, 0.29) is 11.6 Å². The predicted molar refractivity (Wildman–Crippen MR) is 98.2 cm³/mol. The number of rotatable bonds is 3. The van der Waals surface area contributed by atoms with Crippen molar-refractivity contribution in [3.63, 3.8) is 0 Å². The average molecular weight is 388 g/mol. The topological polar surface area (TPSA) is 84.2 Å². The Morgan fingerprint density at radius 1 is 1.12 bits per heavy atom. The maximum Gasteiger partial charge on any atom is 0.291 e. The lowest BCUT2D eigenvalue weighted by atomic mass is 10.1. The lowest BCUT2D eigenvalue weighted by Gasteiger charge is -2.03. The first-order valence-corrected chi connectivity index (χ1v) is 9.25. The van der Waals surface area contributed by atoms with Gasteiger partial charge in [-0.1, -0.05) is 28.9 Å². The van der Waals surface area contributed by atoms with Crippen LogP contribution in [0.15, 0.2) is 40.9 Å². The number of nitrogens with one attached hydrogen (secondary N) is 2.